The maximum atomic E-state index is 11.9. The highest BCUT2D eigenvalue weighted by atomic mass is 35.5. The van der Waals surface area contributed by atoms with Crippen molar-refractivity contribution >= 4 is 29.5 Å². The van der Waals surface area contributed by atoms with Gasteiger partial charge in [-0.2, -0.15) is 0 Å². The molecule has 0 aliphatic carbocycles. The molecule has 0 atom stereocenters. The number of cyclic esters (lactones) is 1. The molecule has 3 rings (SSSR count). The Labute approximate surface area is 144 Å². The molecule has 0 amide bonds. The molecule has 24 heavy (non-hydrogen) atoms. The predicted molar refractivity (Wildman–Crippen MR) is 94.2 cm³/mol. The van der Waals surface area contributed by atoms with Crippen molar-refractivity contribution < 1.29 is 14.3 Å². The molecule has 0 aromatic heterocycles. The van der Waals surface area contributed by atoms with Crippen LogP contribution in [0.2, 0.25) is 5.02 Å². The van der Waals surface area contributed by atoms with E-state index in [2.05, 4.69) is 4.99 Å². The minimum atomic E-state index is -0.505. The van der Waals surface area contributed by atoms with Crippen LogP contribution in [-0.2, 0) is 9.53 Å². The van der Waals surface area contributed by atoms with Gasteiger partial charge in [-0.15, -0.1) is 0 Å². The summed E-state index contributed by atoms with van der Waals surface area (Å²) >= 11 is 6.10. The summed E-state index contributed by atoms with van der Waals surface area (Å²) in [6.07, 6.45) is 5.16. The maximum absolute atomic E-state index is 11.9. The standard InChI is InChI=1S/C19H14ClNO3/c1-23-17-12-5-2-7-13(17)8-6-11-16-19(22)24-18(21-16)14-9-3-4-10-15(14)20/h2-12H,1H3/b8-6+,16-11-. The number of esters is 1. The largest absolute Gasteiger partial charge is 0.496 e. The summed E-state index contributed by atoms with van der Waals surface area (Å²) in [6, 6.07) is 14.7. The van der Waals surface area contributed by atoms with Gasteiger partial charge in [0.25, 0.3) is 0 Å². The fourth-order valence-electron chi connectivity index (χ4n) is 2.22. The lowest BCUT2D eigenvalue weighted by Crippen LogP contribution is -2.05. The Kier molecular flexibility index (Phi) is 4.77. The molecule has 0 N–H and O–H groups in total. The maximum Gasteiger partial charge on any atom is 0.363 e. The summed E-state index contributed by atoms with van der Waals surface area (Å²) in [4.78, 5) is 16.1. The number of ether oxygens (including phenoxy) is 2. The van der Waals surface area contributed by atoms with Gasteiger partial charge in [0.15, 0.2) is 5.70 Å². The monoisotopic (exact) mass is 339 g/mol. The Morgan fingerprint density at radius 2 is 1.88 bits per heavy atom. The average molecular weight is 340 g/mol. The Bertz CT molecular complexity index is 868. The van der Waals surface area contributed by atoms with Gasteiger partial charge in [0.1, 0.15) is 5.75 Å². The molecule has 4 nitrogen and oxygen atoms in total. The van der Waals surface area contributed by atoms with Crippen LogP contribution in [0.15, 0.2) is 71.4 Å². The summed E-state index contributed by atoms with van der Waals surface area (Å²) in [5.74, 6) is 0.457. The number of carbonyl (C=O) groups excluding carboxylic acids is 1. The fourth-order valence-corrected chi connectivity index (χ4v) is 2.44. The second-order valence-corrected chi connectivity index (χ2v) is 5.35. The van der Waals surface area contributed by atoms with Crippen molar-refractivity contribution in [2.75, 3.05) is 7.11 Å². The molecule has 0 radical (unpaired) electrons. The number of rotatable bonds is 4. The Hall–Kier alpha value is -2.85. The van der Waals surface area contributed by atoms with Crippen LogP contribution >= 0.6 is 11.6 Å². The highest BCUT2D eigenvalue weighted by molar-refractivity contribution is 6.34. The van der Waals surface area contributed by atoms with Gasteiger partial charge in [-0.1, -0.05) is 54.1 Å². The molecule has 2 aromatic carbocycles. The van der Waals surface area contributed by atoms with Crippen molar-refractivity contribution in [2.24, 2.45) is 4.99 Å². The molecule has 0 fully saturated rings. The van der Waals surface area contributed by atoms with E-state index in [-0.39, 0.29) is 11.6 Å². The second-order valence-electron chi connectivity index (χ2n) is 4.94. The molecule has 1 aliphatic rings. The van der Waals surface area contributed by atoms with E-state index in [9.17, 15) is 4.79 Å². The molecular formula is C19H14ClNO3. The number of carbonyl (C=O) groups is 1. The van der Waals surface area contributed by atoms with Crippen LogP contribution in [0.4, 0.5) is 0 Å². The normalized spacial score (nSPS) is 15.7. The first-order valence-corrected chi connectivity index (χ1v) is 7.64. The quantitative estimate of drug-likeness (QED) is 0.618. The number of hydrogen-bond acceptors (Lipinski definition) is 4. The van der Waals surface area contributed by atoms with E-state index < -0.39 is 5.97 Å². The Balaban J connectivity index is 1.84. The van der Waals surface area contributed by atoms with E-state index in [4.69, 9.17) is 21.1 Å². The molecular weight excluding hydrogens is 326 g/mol. The fraction of sp³-hybridized carbons (Fsp3) is 0.0526. The van der Waals surface area contributed by atoms with Gasteiger partial charge < -0.3 is 9.47 Å². The predicted octanol–water partition coefficient (Wildman–Crippen LogP) is 4.25. The number of hydrogen-bond donors (Lipinski definition) is 0. The van der Waals surface area contributed by atoms with E-state index in [1.165, 1.54) is 0 Å². The van der Waals surface area contributed by atoms with Crippen LogP contribution in [0.1, 0.15) is 11.1 Å². The van der Waals surface area contributed by atoms with Crippen molar-refractivity contribution in [1.82, 2.24) is 0 Å². The topological polar surface area (TPSA) is 47.9 Å². The summed E-state index contributed by atoms with van der Waals surface area (Å²) < 4.78 is 10.5. The van der Waals surface area contributed by atoms with Crippen LogP contribution in [0.25, 0.3) is 6.08 Å². The number of methoxy groups -OCH3 is 1. The van der Waals surface area contributed by atoms with Crippen molar-refractivity contribution in [2.45, 2.75) is 0 Å². The van der Waals surface area contributed by atoms with Gasteiger partial charge in [-0.25, -0.2) is 9.79 Å². The first-order valence-electron chi connectivity index (χ1n) is 7.26. The number of aliphatic imine (C=N–C) groups is 1. The SMILES string of the molecule is COc1ccccc1/C=C/C=C1\N=C(c2ccccc2Cl)OC1=O. The van der Waals surface area contributed by atoms with Gasteiger partial charge >= 0.3 is 5.97 Å². The van der Waals surface area contributed by atoms with E-state index in [0.717, 1.165) is 11.3 Å². The number of benzene rings is 2. The van der Waals surface area contributed by atoms with Crippen molar-refractivity contribution in [1.29, 1.82) is 0 Å². The highest BCUT2D eigenvalue weighted by Crippen LogP contribution is 2.23. The van der Waals surface area contributed by atoms with Gasteiger partial charge in [0.2, 0.25) is 5.90 Å². The lowest BCUT2D eigenvalue weighted by atomic mass is 10.2. The number of nitrogens with zero attached hydrogens (tertiary/aromatic N) is 1. The third-order valence-electron chi connectivity index (χ3n) is 3.39. The molecule has 2 aromatic rings. The zero-order valence-electron chi connectivity index (χ0n) is 12.9. The zero-order chi connectivity index (χ0) is 16.9. The zero-order valence-corrected chi connectivity index (χ0v) is 13.7. The third-order valence-corrected chi connectivity index (χ3v) is 3.72. The molecule has 1 aliphatic heterocycles. The molecule has 0 unspecified atom stereocenters. The van der Waals surface area contributed by atoms with Crippen molar-refractivity contribution in [3.05, 3.63) is 82.5 Å². The minimum Gasteiger partial charge on any atom is -0.496 e. The average Bonchev–Trinajstić information content (AvgIpc) is 2.96. The van der Waals surface area contributed by atoms with Crippen molar-refractivity contribution in [3.8, 4) is 5.75 Å². The van der Waals surface area contributed by atoms with E-state index in [1.54, 1.807) is 43.5 Å². The lowest BCUT2D eigenvalue weighted by molar-refractivity contribution is -0.130. The van der Waals surface area contributed by atoms with E-state index in [0.29, 0.717) is 10.6 Å². The van der Waals surface area contributed by atoms with Crippen LogP contribution in [0, 0.1) is 0 Å². The molecule has 0 bridgehead atoms. The van der Waals surface area contributed by atoms with Gasteiger partial charge in [-0.3, -0.25) is 0 Å². The summed E-state index contributed by atoms with van der Waals surface area (Å²) in [7, 11) is 1.61. The number of para-hydroxylation sites is 1. The van der Waals surface area contributed by atoms with Crippen LogP contribution in [0.3, 0.4) is 0 Å². The third kappa shape index (κ3) is 3.39. The van der Waals surface area contributed by atoms with E-state index in [1.807, 2.05) is 30.3 Å². The van der Waals surface area contributed by atoms with Crippen molar-refractivity contribution in [3.63, 3.8) is 0 Å². The molecule has 5 heteroatoms. The molecule has 1 heterocycles. The summed E-state index contributed by atoms with van der Waals surface area (Å²) in [5.41, 5.74) is 1.71. The molecule has 120 valence electrons. The van der Waals surface area contributed by atoms with Gasteiger partial charge in [0, 0.05) is 5.56 Å². The summed E-state index contributed by atoms with van der Waals surface area (Å²) in [6.45, 7) is 0. The van der Waals surface area contributed by atoms with Crippen LogP contribution in [0.5, 0.6) is 5.75 Å². The second kappa shape index (κ2) is 7.15. The van der Waals surface area contributed by atoms with Gasteiger partial charge in [-0.05, 0) is 24.3 Å². The van der Waals surface area contributed by atoms with Gasteiger partial charge in [0.05, 0.1) is 17.7 Å². The lowest BCUT2D eigenvalue weighted by Gasteiger charge is -2.02. The smallest absolute Gasteiger partial charge is 0.363 e. The van der Waals surface area contributed by atoms with Crippen LogP contribution < -0.4 is 4.74 Å². The minimum absolute atomic E-state index is 0.211. The molecule has 0 saturated carbocycles. The molecule has 0 saturated heterocycles. The number of allylic oxidation sites excluding steroid dienone is 2. The highest BCUT2D eigenvalue weighted by Gasteiger charge is 2.24. The summed E-state index contributed by atoms with van der Waals surface area (Å²) in [5, 5.41) is 0.481. The van der Waals surface area contributed by atoms with Crippen LogP contribution in [-0.4, -0.2) is 19.0 Å². The Morgan fingerprint density at radius 1 is 1.12 bits per heavy atom. The first-order chi connectivity index (χ1) is 11.7. The Morgan fingerprint density at radius 3 is 2.67 bits per heavy atom. The number of halogens is 1. The van der Waals surface area contributed by atoms with E-state index >= 15 is 0 Å². The first kappa shape index (κ1) is 16.0. The molecule has 0 spiro atoms.